The van der Waals surface area contributed by atoms with Gasteiger partial charge in [-0.25, -0.2) is 0 Å². The van der Waals surface area contributed by atoms with Crippen molar-refractivity contribution in [2.24, 2.45) is 0 Å². The molecule has 1 aliphatic carbocycles. The van der Waals surface area contributed by atoms with Gasteiger partial charge in [-0.2, -0.15) is 0 Å². The summed E-state index contributed by atoms with van der Waals surface area (Å²) in [5.74, 6) is 0.774. The molecule has 1 saturated heterocycles. The van der Waals surface area contributed by atoms with Crippen molar-refractivity contribution in [2.45, 2.75) is 37.3 Å². The van der Waals surface area contributed by atoms with Gasteiger partial charge in [0.1, 0.15) is 0 Å². The number of benzene rings is 1. The lowest BCUT2D eigenvalue weighted by molar-refractivity contribution is 0.233. The Balaban J connectivity index is 1.49. The van der Waals surface area contributed by atoms with E-state index < -0.39 is 0 Å². The van der Waals surface area contributed by atoms with Gasteiger partial charge in [0.2, 0.25) is 0 Å². The number of piperidine rings is 1. The molecule has 2 atom stereocenters. The molecule has 0 spiro atoms. The number of hydrogen-bond donors (Lipinski definition) is 1. The van der Waals surface area contributed by atoms with Gasteiger partial charge in [-0.05, 0) is 45.0 Å². The fourth-order valence-electron chi connectivity index (χ4n) is 2.93. The van der Waals surface area contributed by atoms with E-state index in [2.05, 4.69) is 47.6 Å². The fraction of sp³-hybridized carbons (Fsp3) is 0.600. The average molecular weight is 230 g/mol. The predicted octanol–water partition coefficient (Wildman–Crippen LogP) is 2.23. The molecular formula is C15H22N2. The monoisotopic (exact) mass is 230 g/mol. The van der Waals surface area contributed by atoms with E-state index in [-0.39, 0.29) is 0 Å². The molecule has 1 aromatic rings. The van der Waals surface area contributed by atoms with E-state index in [0.717, 1.165) is 18.0 Å². The molecule has 1 saturated carbocycles. The van der Waals surface area contributed by atoms with E-state index in [9.17, 15) is 0 Å². The fourth-order valence-corrected chi connectivity index (χ4v) is 2.93. The van der Waals surface area contributed by atoms with Crippen LogP contribution in [0.1, 0.15) is 30.7 Å². The van der Waals surface area contributed by atoms with Crippen LogP contribution in [0, 0.1) is 0 Å². The van der Waals surface area contributed by atoms with E-state index in [1.165, 1.54) is 37.9 Å². The number of hydrogen-bond acceptors (Lipinski definition) is 2. The molecule has 0 amide bonds. The van der Waals surface area contributed by atoms with Gasteiger partial charge in [-0.3, -0.25) is 0 Å². The summed E-state index contributed by atoms with van der Waals surface area (Å²) in [6.07, 6.45) is 3.96. The molecule has 1 heterocycles. The van der Waals surface area contributed by atoms with Crippen molar-refractivity contribution in [1.29, 1.82) is 0 Å². The first-order chi connectivity index (χ1) is 8.33. The van der Waals surface area contributed by atoms with Crippen LogP contribution < -0.4 is 5.32 Å². The molecule has 2 heteroatoms. The smallest absolute Gasteiger partial charge is 0.0145 e. The summed E-state index contributed by atoms with van der Waals surface area (Å²) in [5, 5.41) is 3.84. The second-order valence-electron chi connectivity index (χ2n) is 5.60. The van der Waals surface area contributed by atoms with Crippen LogP contribution in [0.3, 0.4) is 0 Å². The second-order valence-corrected chi connectivity index (χ2v) is 5.60. The van der Waals surface area contributed by atoms with Crippen molar-refractivity contribution < 1.29 is 0 Å². The van der Waals surface area contributed by atoms with Crippen molar-refractivity contribution in [2.75, 3.05) is 20.1 Å². The average Bonchev–Trinajstić information content (AvgIpc) is 3.13. The Morgan fingerprint density at radius 1 is 1.12 bits per heavy atom. The first kappa shape index (κ1) is 11.2. The third-order valence-corrected chi connectivity index (χ3v) is 4.19. The first-order valence-electron chi connectivity index (χ1n) is 6.82. The largest absolute Gasteiger partial charge is 0.311 e. The standard InChI is InChI=1S/C15H22N2/c1-17-9-7-13(8-10-17)16-15-11-14(15)12-5-3-2-4-6-12/h2-6,13-16H,7-11H2,1H3. The quantitative estimate of drug-likeness (QED) is 0.856. The lowest BCUT2D eigenvalue weighted by Crippen LogP contribution is -2.41. The van der Waals surface area contributed by atoms with Crippen LogP contribution in [0.25, 0.3) is 0 Å². The van der Waals surface area contributed by atoms with Gasteiger partial charge < -0.3 is 10.2 Å². The molecule has 1 N–H and O–H groups in total. The van der Waals surface area contributed by atoms with Crippen LogP contribution in [0.15, 0.2) is 30.3 Å². The maximum atomic E-state index is 3.84. The molecule has 1 aromatic carbocycles. The van der Waals surface area contributed by atoms with Gasteiger partial charge in [0.05, 0.1) is 0 Å². The predicted molar refractivity (Wildman–Crippen MR) is 71.2 cm³/mol. The lowest BCUT2D eigenvalue weighted by atomic mass is 10.1. The van der Waals surface area contributed by atoms with Crippen LogP contribution in [-0.4, -0.2) is 37.1 Å². The summed E-state index contributed by atoms with van der Waals surface area (Å²) in [4.78, 5) is 2.43. The Bertz CT molecular complexity index is 354. The van der Waals surface area contributed by atoms with Gasteiger partial charge in [0, 0.05) is 18.0 Å². The van der Waals surface area contributed by atoms with Crippen LogP contribution in [0.4, 0.5) is 0 Å². The van der Waals surface area contributed by atoms with E-state index >= 15 is 0 Å². The number of rotatable bonds is 3. The summed E-state index contributed by atoms with van der Waals surface area (Å²) in [5.41, 5.74) is 1.51. The zero-order valence-corrected chi connectivity index (χ0v) is 10.6. The van der Waals surface area contributed by atoms with Crippen LogP contribution in [0.5, 0.6) is 0 Å². The Morgan fingerprint density at radius 2 is 1.82 bits per heavy atom. The molecule has 3 rings (SSSR count). The molecule has 1 aliphatic heterocycles. The molecule has 2 aliphatic rings. The van der Waals surface area contributed by atoms with E-state index in [4.69, 9.17) is 0 Å². The lowest BCUT2D eigenvalue weighted by Gasteiger charge is -2.29. The normalized spacial score (nSPS) is 30.4. The summed E-state index contributed by atoms with van der Waals surface area (Å²) in [7, 11) is 2.22. The number of nitrogens with zero attached hydrogens (tertiary/aromatic N) is 1. The topological polar surface area (TPSA) is 15.3 Å². The zero-order chi connectivity index (χ0) is 11.7. The van der Waals surface area contributed by atoms with Gasteiger partial charge in [0.25, 0.3) is 0 Å². The second kappa shape index (κ2) is 4.79. The van der Waals surface area contributed by atoms with E-state index in [1.807, 2.05) is 0 Å². The molecule has 2 fully saturated rings. The highest BCUT2D eigenvalue weighted by atomic mass is 15.1. The van der Waals surface area contributed by atoms with Crippen molar-refractivity contribution >= 4 is 0 Å². The molecule has 2 nitrogen and oxygen atoms in total. The first-order valence-corrected chi connectivity index (χ1v) is 6.82. The molecule has 92 valence electrons. The third-order valence-electron chi connectivity index (χ3n) is 4.19. The molecule has 0 radical (unpaired) electrons. The maximum absolute atomic E-state index is 3.84. The van der Waals surface area contributed by atoms with Gasteiger partial charge >= 0.3 is 0 Å². The molecular weight excluding hydrogens is 208 g/mol. The highest BCUT2D eigenvalue weighted by Crippen LogP contribution is 2.41. The van der Waals surface area contributed by atoms with Crippen molar-refractivity contribution in [3.63, 3.8) is 0 Å². The Kier molecular flexibility index (Phi) is 3.17. The molecule has 17 heavy (non-hydrogen) atoms. The van der Waals surface area contributed by atoms with Crippen LogP contribution in [-0.2, 0) is 0 Å². The Hall–Kier alpha value is -0.860. The number of likely N-dealkylation sites (tertiary alicyclic amines) is 1. The van der Waals surface area contributed by atoms with Crippen molar-refractivity contribution in [1.82, 2.24) is 10.2 Å². The highest BCUT2D eigenvalue weighted by molar-refractivity contribution is 5.27. The van der Waals surface area contributed by atoms with Gasteiger partial charge in [-0.15, -0.1) is 0 Å². The van der Waals surface area contributed by atoms with Gasteiger partial charge in [-0.1, -0.05) is 30.3 Å². The zero-order valence-electron chi connectivity index (χ0n) is 10.6. The third kappa shape index (κ3) is 2.70. The van der Waals surface area contributed by atoms with Crippen LogP contribution in [0.2, 0.25) is 0 Å². The van der Waals surface area contributed by atoms with Crippen molar-refractivity contribution in [3.05, 3.63) is 35.9 Å². The summed E-state index contributed by atoms with van der Waals surface area (Å²) < 4.78 is 0. The minimum absolute atomic E-state index is 0.741. The minimum Gasteiger partial charge on any atom is -0.311 e. The molecule has 0 bridgehead atoms. The van der Waals surface area contributed by atoms with Crippen molar-refractivity contribution in [3.8, 4) is 0 Å². The highest BCUT2D eigenvalue weighted by Gasteiger charge is 2.39. The molecule has 2 unspecified atom stereocenters. The Labute approximate surface area is 104 Å². The maximum Gasteiger partial charge on any atom is 0.0145 e. The van der Waals surface area contributed by atoms with E-state index in [0.29, 0.717) is 0 Å². The molecule has 0 aromatic heterocycles. The minimum atomic E-state index is 0.741. The Morgan fingerprint density at radius 3 is 2.53 bits per heavy atom. The summed E-state index contributed by atoms with van der Waals surface area (Å²) >= 11 is 0. The van der Waals surface area contributed by atoms with Gasteiger partial charge in [0.15, 0.2) is 0 Å². The summed E-state index contributed by atoms with van der Waals surface area (Å²) in [6, 6.07) is 12.4. The van der Waals surface area contributed by atoms with Crippen LogP contribution >= 0.6 is 0 Å². The summed E-state index contributed by atoms with van der Waals surface area (Å²) in [6.45, 7) is 2.50. The number of nitrogens with one attached hydrogen (secondary N) is 1. The SMILES string of the molecule is CN1CCC(NC2CC2c2ccccc2)CC1. The van der Waals surface area contributed by atoms with E-state index in [1.54, 1.807) is 0 Å².